The van der Waals surface area contributed by atoms with Gasteiger partial charge in [-0.15, -0.1) is 11.3 Å². The third kappa shape index (κ3) is 5.13. The normalized spacial score (nSPS) is 14.2. The molecule has 1 aromatic heterocycles. The van der Waals surface area contributed by atoms with Gasteiger partial charge in [-0.3, -0.25) is 14.5 Å². The van der Waals surface area contributed by atoms with E-state index in [-0.39, 0.29) is 18.4 Å². The monoisotopic (exact) mass is 310 g/mol. The van der Waals surface area contributed by atoms with Crippen LogP contribution in [0.3, 0.4) is 0 Å². The van der Waals surface area contributed by atoms with Crippen molar-refractivity contribution in [2.24, 2.45) is 0 Å². The summed E-state index contributed by atoms with van der Waals surface area (Å²) in [5.41, 5.74) is 0. The van der Waals surface area contributed by atoms with E-state index in [1.807, 2.05) is 6.07 Å². The van der Waals surface area contributed by atoms with Crippen LogP contribution in [-0.2, 0) is 20.9 Å². The van der Waals surface area contributed by atoms with Crippen molar-refractivity contribution >= 4 is 23.2 Å². The van der Waals surface area contributed by atoms with Gasteiger partial charge in [0.15, 0.2) is 0 Å². The lowest BCUT2D eigenvalue weighted by Crippen LogP contribution is -2.41. The fraction of sp³-hybridized carbons (Fsp3) is 0.600. The van der Waals surface area contributed by atoms with Gasteiger partial charge < -0.3 is 9.64 Å². The molecule has 1 amide bonds. The van der Waals surface area contributed by atoms with Crippen molar-refractivity contribution in [3.63, 3.8) is 0 Å². The zero-order chi connectivity index (χ0) is 15.2. The van der Waals surface area contributed by atoms with Gasteiger partial charge in [0.2, 0.25) is 5.91 Å². The van der Waals surface area contributed by atoms with Crippen LogP contribution in [0.25, 0.3) is 0 Å². The van der Waals surface area contributed by atoms with Gasteiger partial charge >= 0.3 is 5.97 Å². The molecule has 2 rings (SSSR count). The van der Waals surface area contributed by atoms with Crippen LogP contribution in [0.4, 0.5) is 0 Å². The Morgan fingerprint density at radius 2 is 2.14 bits per heavy atom. The summed E-state index contributed by atoms with van der Waals surface area (Å²) in [6.07, 6.45) is 2.31. The highest BCUT2D eigenvalue weighted by Crippen LogP contribution is 2.29. The first kappa shape index (κ1) is 16.0. The molecule has 0 bridgehead atoms. The number of nitrogens with zero attached hydrogens (tertiary/aromatic N) is 2. The molecular formula is C15H22N2O3S. The molecule has 21 heavy (non-hydrogen) atoms. The quantitative estimate of drug-likeness (QED) is 0.686. The molecule has 1 saturated carbocycles. The molecule has 0 atom stereocenters. The average molecular weight is 310 g/mol. The Morgan fingerprint density at radius 1 is 1.38 bits per heavy atom. The van der Waals surface area contributed by atoms with Crippen molar-refractivity contribution in [3.05, 3.63) is 22.4 Å². The lowest BCUT2D eigenvalue weighted by Gasteiger charge is -2.24. The van der Waals surface area contributed by atoms with Gasteiger partial charge in [0.1, 0.15) is 6.54 Å². The Morgan fingerprint density at radius 3 is 2.71 bits per heavy atom. The van der Waals surface area contributed by atoms with Crippen molar-refractivity contribution in [1.82, 2.24) is 9.80 Å². The standard InChI is InChI=1S/C15H22N2O3S/c1-3-20-15(19)11-16(2)14(18)10-17(12-6-7-12)9-13-5-4-8-21-13/h4-5,8,12H,3,6-7,9-11H2,1-2H3. The predicted molar refractivity (Wildman–Crippen MR) is 82.0 cm³/mol. The number of rotatable bonds is 8. The zero-order valence-corrected chi connectivity index (χ0v) is 13.4. The van der Waals surface area contributed by atoms with E-state index in [0.29, 0.717) is 19.2 Å². The molecule has 0 radical (unpaired) electrons. The fourth-order valence-electron chi connectivity index (χ4n) is 2.14. The van der Waals surface area contributed by atoms with E-state index in [1.54, 1.807) is 25.3 Å². The number of hydrogen-bond acceptors (Lipinski definition) is 5. The van der Waals surface area contributed by atoms with Crippen LogP contribution in [0.1, 0.15) is 24.6 Å². The topological polar surface area (TPSA) is 49.9 Å². The third-order valence-electron chi connectivity index (χ3n) is 3.44. The second kappa shape index (κ2) is 7.56. The lowest BCUT2D eigenvalue weighted by atomic mass is 10.3. The summed E-state index contributed by atoms with van der Waals surface area (Å²) in [4.78, 5) is 28.6. The van der Waals surface area contributed by atoms with Crippen LogP contribution in [-0.4, -0.2) is 54.5 Å². The lowest BCUT2D eigenvalue weighted by molar-refractivity contribution is -0.148. The second-order valence-corrected chi connectivity index (χ2v) is 6.30. The molecule has 1 aliphatic rings. The zero-order valence-electron chi connectivity index (χ0n) is 12.6. The number of thiophene rings is 1. The van der Waals surface area contributed by atoms with Gasteiger partial charge in [-0.25, -0.2) is 0 Å². The molecule has 0 N–H and O–H groups in total. The SMILES string of the molecule is CCOC(=O)CN(C)C(=O)CN(Cc1cccs1)C1CC1. The molecule has 116 valence electrons. The van der Waals surface area contributed by atoms with Crippen LogP contribution < -0.4 is 0 Å². The third-order valence-corrected chi connectivity index (χ3v) is 4.30. The molecule has 6 heteroatoms. The van der Waals surface area contributed by atoms with E-state index < -0.39 is 0 Å². The number of esters is 1. The summed E-state index contributed by atoms with van der Waals surface area (Å²) in [5.74, 6) is -0.393. The van der Waals surface area contributed by atoms with E-state index in [4.69, 9.17) is 4.74 Å². The maximum absolute atomic E-state index is 12.2. The number of ether oxygens (including phenoxy) is 1. The van der Waals surface area contributed by atoms with Crippen LogP contribution in [0.5, 0.6) is 0 Å². The molecule has 0 saturated heterocycles. The summed E-state index contributed by atoms with van der Waals surface area (Å²) in [6.45, 7) is 3.28. The van der Waals surface area contributed by atoms with Crippen molar-refractivity contribution in [2.75, 3.05) is 26.7 Å². The Hall–Kier alpha value is -1.40. The van der Waals surface area contributed by atoms with Crippen molar-refractivity contribution in [3.8, 4) is 0 Å². The minimum Gasteiger partial charge on any atom is -0.465 e. The fourth-order valence-corrected chi connectivity index (χ4v) is 2.87. The summed E-state index contributed by atoms with van der Waals surface area (Å²) in [7, 11) is 1.65. The van der Waals surface area contributed by atoms with E-state index >= 15 is 0 Å². The van der Waals surface area contributed by atoms with Gasteiger partial charge in [0.25, 0.3) is 0 Å². The Bertz CT molecular complexity index is 471. The number of carbonyl (C=O) groups is 2. The van der Waals surface area contributed by atoms with Gasteiger partial charge in [0.05, 0.1) is 13.2 Å². The van der Waals surface area contributed by atoms with Crippen LogP contribution in [0.2, 0.25) is 0 Å². The average Bonchev–Trinajstić information content (AvgIpc) is 3.16. The molecule has 0 aliphatic heterocycles. The molecule has 0 aromatic carbocycles. The largest absolute Gasteiger partial charge is 0.465 e. The van der Waals surface area contributed by atoms with Crippen LogP contribution >= 0.6 is 11.3 Å². The van der Waals surface area contributed by atoms with Crippen LogP contribution in [0.15, 0.2) is 17.5 Å². The molecule has 1 heterocycles. The summed E-state index contributed by atoms with van der Waals surface area (Å²) >= 11 is 1.71. The predicted octanol–water partition coefficient (Wildman–Crippen LogP) is 1.73. The highest BCUT2D eigenvalue weighted by atomic mass is 32.1. The van der Waals surface area contributed by atoms with Gasteiger partial charge in [-0.05, 0) is 31.2 Å². The highest BCUT2D eigenvalue weighted by molar-refractivity contribution is 7.09. The van der Waals surface area contributed by atoms with Crippen molar-refractivity contribution < 1.29 is 14.3 Å². The summed E-state index contributed by atoms with van der Waals surface area (Å²) in [5, 5.41) is 2.05. The minimum absolute atomic E-state index is 0.0180. The highest BCUT2D eigenvalue weighted by Gasteiger charge is 2.31. The van der Waals surface area contributed by atoms with Gasteiger partial charge in [-0.1, -0.05) is 6.07 Å². The Balaban J connectivity index is 1.84. The van der Waals surface area contributed by atoms with E-state index in [0.717, 1.165) is 19.4 Å². The van der Waals surface area contributed by atoms with E-state index in [9.17, 15) is 9.59 Å². The number of likely N-dealkylation sites (N-methyl/N-ethyl adjacent to an activating group) is 1. The minimum atomic E-state index is -0.357. The Kier molecular flexibility index (Phi) is 5.76. The number of carbonyl (C=O) groups excluding carboxylic acids is 2. The van der Waals surface area contributed by atoms with Gasteiger partial charge in [-0.2, -0.15) is 0 Å². The van der Waals surface area contributed by atoms with E-state index in [2.05, 4.69) is 16.3 Å². The Labute approximate surface area is 129 Å². The first-order valence-corrected chi connectivity index (χ1v) is 8.14. The molecule has 0 unspecified atom stereocenters. The van der Waals surface area contributed by atoms with E-state index in [1.165, 1.54) is 9.78 Å². The van der Waals surface area contributed by atoms with Crippen LogP contribution in [0, 0.1) is 0 Å². The molecule has 5 nitrogen and oxygen atoms in total. The molecular weight excluding hydrogens is 288 g/mol. The first-order valence-electron chi connectivity index (χ1n) is 7.26. The molecule has 1 aliphatic carbocycles. The molecule has 1 fully saturated rings. The van der Waals surface area contributed by atoms with Crippen molar-refractivity contribution in [2.45, 2.75) is 32.4 Å². The van der Waals surface area contributed by atoms with Crippen molar-refractivity contribution in [1.29, 1.82) is 0 Å². The second-order valence-electron chi connectivity index (χ2n) is 5.27. The van der Waals surface area contributed by atoms with Gasteiger partial charge in [0, 0.05) is 24.5 Å². The maximum Gasteiger partial charge on any atom is 0.325 e. The number of amides is 1. The molecule has 0 spiro atoms. The number of hydrogen-bond donors (Lipinski definition) is 0. The summed E-state index contributed by atoms with van der Waals surface area (Å²) < 4.78 is 4.87. The summed E-state index contributed by atoms with van der Waals surface area (Å²) in [6, 6.07) is 4.62. The molecule has 1 aromatic rings. The maximum atomic E-state index is 12.2. The first-order chi connectivity index (χ1) is 10.1. The smallest absolute Gasteiger partial charge is 0.325 e.